The van der Waals surface area contributed by atoms with Gasteiger partial charge >= 0.3 is 0 Å². The number of halogens is 1. The monoisotopic (exact) mass is 249 g/mol. The van der Waals surface area contributed by atoms with Crippen LogP contribution in [-0.2, 0) is 0 Å². The van der Waals surface area contributed by atoms with Gasteiger partial charge in [-0.05, 0) is 5.92 Å². The van der Waals surface area contributed by atoms with Crippen LogP contribution >= 0.6 is 11.6 Å². The number of fused-ring (bicyclic) bond motifs is 1. The summed E-state index contributed by atoms with van der Waals surface area (Å²) in [5.41, 5.74) is 0. The van der Waals surface area contributed by atoms with Crippen molar-refractivity contribution in [3.63, 3.8) is 0 Å². The van der Waals surface area contributed by atoms with Crippen molar-refractivity contribution in [2.24, 2.45) is 5.92 Å². The molecule has 0 fully saturated rings. The van der Waals surface area contributed by atoms with Crippen LogP contribution in [0.4, 0.5) is 5.82 Å². The van der Waals surface area contributed by atoms with Crippen molar-refractivity contribution in [2.45, 2.75) is 20.3 Å². The van der Waals surface area contributed by atoms with E-state index in [1.54, 1.807) is 0 Å². The average molecular weight is 250 g/mol. The van der Waals surface area contributed by atoms with E-state index in [1.165, 1.54) is 0 Å². The summed E-state index contributed by atoms with van der Waals surface area (Å²) in [6.07, 6.45) is 1.14. The molecule has 1 aromatic heterocycles. The lowest BCUT2D eigenvalue weighted by molar-refractivity contribution is 0.592. The maximum absolute atomic E-state index is 6.02. The first kappa shape index (κ1) is 12.1. The zero-order valence-electron chi connectivity index (χ0n) is 10.1. The molecule has 0 aliphatic carbocycles. The highest BCUT2D eigenvalue weighted by molar-refractivity contribution is 6.34. The maximum Gasteiger partial charge on any atom is 0.159 e. The molecule has 1 unspecified atom stereocenters. The van der Waals surface area contributed by atoms with Crippen LogP contribution < -0.4 is 5.32 Å². The molecule has 0 spiro atoms. The lowest BCUT2D eigenvalue weighted by Gasteiger charge is -2.12. The zero-order valence-corrected chi connectivity index (χ0v) is 10.8. The Morgan fingerprint density at radius 1 is 1.24 bits per heavy atom. The molecule has 0 saturated carbocycles. The van der Waals surface area contributed by atoms with E-state index >= 15 is 0 Å². The van der Waals surface area contributed by atoms with Crippen LogP contribution in [-0.4, -0.2) is 16.7 Å². The SMILES string of the molecule is CCC(C)CNc1nnc(Cl)c2ccccc12. The van der Waals surface area contributed by atoms with Crippen molar-refractivity contribution < 1.29 is 0 Å². The van der Waals surface area contributed by atoms with Crippen LogP contribution in [0.3, 0.4) is 0 Å². The molecule has 2 aromatic rings. The molecule has 1 N–H and O–H groups in total. The molecule has 0 radical (unpaired) electrons. The number of hydrogen-bond acceptors (Lipinski definition) is 3. The number of hydrogen-bond donors (Lipinski definition) is 1. The van der Waals surface area contributed by atoms with E-state index in [2.05, 4.69) is 29.4 Å². The van der Waals surface area contributed by atoms with Crippen LogP contribution in [0, 0.1) is 5.92 Å². The van der Waals surface area contributed by atoms with Crippen molar-refractivity contribution in [3.05, 3.63) is 29.4 Å². The molecule has 1 aromatic carbocycles. The highest BCUT2D eigenvalue weighted by Crippen LogP contribution is 2.25. The van der Waals surface area contributed by atoms with E-state index < -0.39 is 0 Å². The summed E-state index contributed by atoms with van der Waals surface area (Å²) in [6, 6.07) is 7.90. The van der Waals surface area contributed by atoms with Crippen molar-refractivity contribution in [2.75, 3.05) is 11.9 Å². The summed E-state index contributed by atoms with van der Waals surface area (Å²) < 4.78 is 0. The fourth-order valence-corrected chi connectivity index (χ4v) is 1.82. The number of nitrogens with zero attached hydrogens (tertiary/aromatic N) is 2. The quantitative estimate of drug-likeness (QED) is 0.897. The third kappa shape index (κ3) is 2.67. The first-order valence-corrected chi connectivity index (χ1v) is 6.25. The molecule has 17 heavy (non-hydrogen) atoms. The van der Waals surface area contributed by atoms with Gasteiger partial charge in [-0.15, -0.1) is 10.2 Å². The number of anilines is 1. The van der Waals surface area contributed by atoms with E-state index in [1.807, 2.05) is 24.3 Å². The minimum Gasteiger partial charge on any atom is -0.368 e. The summed E-state index contributed by atoms with van der Waals surface area (Å²) >= 11 is 6.02. The molecule has 1 atom stereocenters. The largest absolute Gasteiger partial charge is 0.368 e. The topological polar surface area (TPSA) is 37.8 Å². The van der Waals surface area contributed by atoms with Gasteiger partial charge in [-0.2, -0.15) is 0 Å². The standard InChI is InChI=1S/C13H16ClN3/c1-3-9(2)8-15-13-11-7-5-4-6-10(11)12(14)16-17-13/h4-7,9H,3,8H2,1-2H3,(H,15,17). The Morgan fingerprint density at radius 2 is 1.94 bits per heavy atom. The molecule has 0 saturated heterocycles. The lowest BCUT2D eigenvalue weighted by Crippen LogP contribution is -2.12. The maximum atomic E-state index is 6.02. The normalized spacial score (nSPS) is 12.6. The number of rotatable bonds is 4. The third-order valence-corrected chi connectivity index (χ3v) is 3.24. The van der Waals surface area contributed by atoms with E-state index in [0.29, 0.717) is 11.1 Å². The van der Waals surface area contributed by atoms with Crippen LogP contribution in [0.1, 0.15) is 20.3 Å². The van der Waals surface area contributed by atoms with Gasteiger partial charge in [-0.3, -0.25) is 0 Å². The molecule has 3 nitrogen and oxygen atoms in total. The van der Waals surface area contributed by atoms with Gasteiger partial charge in [0.05, 0.1) is 0 Å². The molecule has 1 heterocycles. The second-order valence-corrected chi connectivity index (χ2v) is 4.64. The minimum atomic E-state index is 0.453. The average Bonchev–Trinajstić information content (AvgIpc) is 2.38. The lowest BCUT2D eigenvalue weighted by atomic mass is 10.1. The summed E-state index contributed by atoms with van der Waals surface area (Å²) in [7, 11) is 0. The van der Waals surface area contributed by atoms with Gasteiger partial charge in [0.2, 0.25) is 0 Å². The van der Waals surface area contributed by atoms with Gasteiger partial charge in [0.1, 0.15) is 0 Å². The van der Waals surface area contributed by atoms with Gasteiger partial charge < -0.3 is 5.32 Å². The first-order chi connectivity index (χ1) is 8.22. The fraction of sp³-hybridized carbons (Fsp3) is 0.385. The molecule has 4 heteroatoms. The Labute approximate surface area is 106 Å². The molecule has 0 aliphatic heterocycles. The van der Waals surface area contributed by atoms with Crippen LogP contribution in [0.2, 0.25) is 5.15 Å². The van der Waals surface area contributed by atoms with E-state index in [-0.39, 0.29) is 0 Å². The van der Waals surface area contributed by atoms with Crippen molar-refractivity contribution in [3.8, 4) is 0 Å². The van der Waals surface area contributed by atoms with Gasteiger partial charge in [-0.1, -0.05) is 56.1 Å². The van der Waals surface area contributed by atoms with Gasteiger partial charge in [0, 0.05) is 17.3 Å². The second kappa shape index (κ2) is 5.32. The number of benzene rings is 1. The van der Waals surface area contributed by atoms with E-state index in [0.717, 1.165) is 29.6 Å². The Kier molecular flexibility index (Phi) is 3.79. The summed E-state index contributed by atoms with van der Waals surface area (Å²) in [4.78, 5) is 0. The van der Waals surface area contributed by atoms with Gasteiger partial charge in [0.25, 0.3) is 0 Å². The molecule has 0 amide bonds. The summed E-state index contributed by atoms with van der Waals surface area (Å²) in [5.74, 6) is 1.43. The molecule has 0 bridgehead atoms. The van der Waals surface area contributed by atoms with Crippen molar-refractivity contribution in [1.29, 1.82) is 0 Å². The van der Waals surface area contributed by atoms with Crippen LogP contribution in [0.5, 0.6) is 0 Å². The minimum absolute atomic E-state index is 0.453. The van der Waals surface area contributed by atoms with E-state index in [9.17, 15) is 0 Å². The van der Waals surface area contributed by atoms with Gasteiger partial charge in [0.15, 0.2) is 11.0 Å². The first-order valence-electron chi connectivity index (χ1n) is 5.87. The Balaban J connectivity index is 2.32. The van der Waals surface area contributed by atoms with Gasteiger partial charge in [-0.25, -0.2) is 0 Å². The third-order valence-electron chi connectivity index (χ3n) is 2.96. The number of nitrogens with one attached hydrogen (secondary N) is 1. The molecule has 2 rings (SSSR count). The Bertz CT molecular complexity index is 513. The molecule has 90 valence electrons. The van der Waals surface area contributed by atoms with E-state index in [4.69, 9.17) is 11.6 Å². The predicted molar refractivity (Wildman–Crippen MR) is 72.5 cm³/mol. The number of aromatic nitrogens is 2. The fourth-order valence-electron chi connectivity index (χ4n) is 1.62. The van der Waals surface area contributed by atoms with Crippen molar-refractivity contribution in [1.82, 2.24) is 10.2 Å². The van der Waals surface area contributed by atoms with Crippen LogP contribution in [0.15, 0.2) is 24.3 Å². The highest BCUT2D eigenvalue weighted by atomic mass is 35.5. The molecular weight excluding hydrogens is 234 g/mol. The summed E-state index contributed by atoms with van der Waals surface area (Å²) in [6.45, 7) is 5.29. The summed E-state index contributed by atoms with van der Waals surface area (Å²) in [5, 5.41) is 13.8. The molecule has 0 aliphatic rings. The Morgan fingerprint density at radius 3 is 2.65 bits per heavy atom. The zero-order chi connectivity index (χ0) is 12.3. The predicted octanol–water partition coefficient (Wildman–Crippen LogP) is 3.74. The van der Waals surface area contributed by atoms with Crippen LogP contribution in [0.25, 0.3) is 10.8 Å². The molecular formula is C13H16ClN3. The second-order valence-electron chi connectivity index (χ2n) is 4.28. The Hall–Kier alpha value is -1.35. The van der Waals surface area contributed by atoms with Crippen molar-refractivity contribution >= 4 is 28.2 Å². The highest BCUT2D eigenvalue weighted by Gasteiger charge is 2.07. The smallest absolute Gasteiger partial charge is 0.159 e.